The number of aliphatic hydroxyl groups excluding tert-OH is 1. The van der Waals surface area contributed by atoms with Gasteiger partial charge in [-0.25, -0.2) is 0 Å². The number of alkyl halides is 1. The first-order valence-corrected chi connectivity index (χ1v) is 2.40. The lowest BCUT2D eigenvalue weighted by atomic mass is 10.3. The van der Waals surface area contributed by atoms with E-state index < -0.39 is 0 Å². The molecule has 38 valence electrons. The summed E-state index contributed by atoms with van der Waals surface area (Å²) >= 11 is 5.36. The van der Waals surface area contributed by atoms with Gasteiger partial charge in [0.25, 0.3) is 0 Å². The molecule has 0 aliphatic heterocycles. The van der Waals surface area contributed by atoms with E-state index in [2.05, 4.69) is 0 Å². The summed E-state index contributed by atoms with van der Waals surface area (Å²) in [7, 11) is 0. The van der Waals surface area contributed by atoms with Crippen molar-refractivity contribution in [2.45, 2.75) is 25.3 Å². The van der Waals surface area contributed by atoms with Crippen LogP contribution in [0.2, 0.25) is 0 Å². The fraction of sp³-hybridized carbons (Fsp3) is 1.00. The van der Waals surface area contributed by atoms with Gasteiger partial charge in [0, 0.05) is 0 Å². The maximum atomic E-state index is 8.50. The molecule has 0 unspecified atom stereocenters. The second-order valence-corrected chi connectivity index (χ2v) is 2.11. The number of hydrogen-bond donors (Lipinski definition) is 1. The number of rotatable bonds is 1. The van der Waals surface area contributed by atoms with E-state index in [4.69, 9.17) is 16.7 Å². The first-order valence-electron chi connectivity index (χ1n) is 1.96. The van der Waals surface area contributed by atoms with Crippen molar-refractivity contribution >= 4 is 11.6 Å². The van der Waals surface area contributed by atoms with Gasteiger partial charge in [-0.15, -0.1) is 11.6 Å². The van der Waals surface area contributed by atoms with E-state index in [-0.39, 0.29) is 11.5 Å². The normalized spacial score (nSPS) is 20.0. The predicted octanol–water partition coefficient (Wildman–Crippen LogP) is 0.994. The summed E-state index contributed by atoms with van der Waals surface area (Å²) in [6.45, 7) is 3.42. The minimum atomic E-state index is -0.383. The molecule has 2 heteroatoms. The maximum absolute atomic E-state index is 8.50. The van der Waals surface area contributed by atoms with Gasteiger partial charge in [-0.2, -0.15) is 0 Å². The molecule has 2 atom stereocenters. The van der Waals surface area contributed by atoms with Gasteiger partial charge in [-0.3, -0.25) is 0 Å². The van der Waals surface area contributed by atoms with Crippen LogP contribution >= 0.6 is 11.6 Å². The molecule has 0 spiro atoms. The number of aliphatic hydroxyl groups is 1. The van der Waals surface area contributed by atoms with Gasteiger partial charge in [-0.1, -0.05) is 0 Å². The Morgan fingerprint density at radius 1 is 1.50 bits per heavy atom. The van der Waals surface area contributed by atoms with Crippen LogP contribution in [0.15, 0.2) is 0 Å². The third-order valence-corrected chi connectivity index (χ3v) is 1.03. The topological polar surface area (TPSA) is 20.2 Å². The van der Waals surface area contributed by atoms with E-state index in [0.29, 0.717) is 0 Å². The van der Waals surface area contributed by atoms with Gasteiger partial charge in [0.1, 0.15) is 0 Å². The zero-order chi connectivity index (χ0) is 5.15. The maximum Gasteiger partial charge on any atom is 0.0672 e. The molecule has 0 aromatic carbocycles. The Bertz CT molecular complexity index is 28.5. The van der Waals surface area contributed by atoms with Crippen molar-refractivity contribution in [1.29, 1.82) is 0 Å². The Labute approximate surface area is 42.9 Å². The third-order valence-electron chi connectivity index (χ3n) is 0.665. The second-order valence-electron chi connectivity index (χ2n) is 1.42. The zero-order valence-corrected chi connectivity index (χ0v) is 4.74. The van der Waals surface area contributed by atoms with Crippen LogP contribution in [-0.4, -0.2) is 16.6 Å². The van der Waals surface area contributed by atoms with Gasteiger partial charge in [0.2, 0.25) is 0 Å². The molecule has 1 nitrogen and oxygen atoms in total. The highest BCUT2D eigenvalue weighted by Gasteiger charge is 2.00. The Hall–Kier alpha value is 0.250. The fourth-order valence-corrected chi connectivity index (χ4v) is 0. The molecule has 0 aliphatic carbocycles. The van der Waals surface area contributed by atoms with E-state index >= 15 is 0 Å². The lowest BCUT2D eigenvalue weighted by Gasteiger charge is -2.02. The van der Waals surface area contributed by atoms with Crippen LogP contribution < -0.4 is 0 Å². The molecule has 0 saturated heterocycles. The van der Waals surface area contributed by atoms with Crippen molar-refractivity contribution in [3.63, 3.8) is 0 Å². The predicted molar refractivity (Wildman–Crippen MR) is 27.0 cm³/mol. The van der Waals surface area contributed by atoms with Crippen molar-refractivity contribution in [3.05, 3.63) is 0 Å². The molecule has 0 rings (SSSR count). The van der Waals surface area contributed by atoms with E-state index in [9.17, 15) is 0 Å². The number of halogens is 1. The molecule has 0 aromatic rings. The van der Waals surface area contributed by atoms with Crippen molar-refractivity contribution in [3.8, 4) is 0 Å². The lowest BCUT2D eigenvalue weighted by Crippen LogP contribution is -2.11. The minimum Gasteiger partial charge on any atom is -0.392 e. The highest BCUT2D eigenvalue weighted by molar-refractivity contribution is 6.20. The highest BCUT2D eigenvalue weighted by Crippen LogP contribution is 1.97. The van der Waals surface area contributed by atoms with Crippen molar-refractivity contribution < 1.29 is 5.11 Å². The highest BCUT2D eigenvalue weighted by atomic mass is 35.5. The third kappa shape index (κ3) is 2.49. The summed E-state index contributed by atoms with van der Waals surface area (Å²) in [5.74, 6) is 0. The molecule has 0 aliphatic rings. The second kappa shape index (κ2) is 2.43. The Morgan fingerprint density at radius 2 is 1.67 bits per heavy atom. The first-order chi connectivity index (χ1) is 2.64. The Morgan fingerprint density at radius 3 is 1.67 bits per heavy atom. The quantitative estimate of drug-likeness (QED) is 0.497. The average Bonchev–Trinajstić information content (AvgIpc) is 1.36. The summed E-state index contributed by atoms with van der Waals surface area (Å²) in [6.07, 6.45) is -0.383. The Kier molecular flexibility index (Phi) is 2.53. The smallest absolute Gasteiger partial charge is 0.0672 e. The van der Waals surface area contributed by atoms with E-state index in [1.54, 1.807) is 13.8 Å². The van der Waals surface area contributed by atoms with Gasteiger partial charge >= 0.3 is 0 Å². The Balaban J connectivity index is 2.99. The molecule has 6 heavy (non-hydrogen) atoms. The zero-order valence-electron chi connectivity index (χ0n) is 3.98. The van der Waals surface area contributed by atoms with Crippen LogP contribution in [0.1, 0.15) is 13.8 Å². The van der Waals surface area contributed by atoms with Crippen LogP contribution in [0.3, 0.4) is 0 Å². The van der Waals surface area contributed by atoms with Crippen molar-refractivity contribution in [2.75, 3.05) is 0 Å². The molecular weight excluding hydrogens is 99.5 g/mol. The average molecular weight is 109 g/mol. The monoisotopic (exact) mass is 108 g/mol. The fourth-order valence-electron chi connectivity index (χ4n) is 0. The van der Waals surface area contributed by atoms with Crippen molar-refractivity contribution in [1.82, 2.24) is 0 Å². The summed E-state index contributed by atoms with van der Waals surface area (Å²) in [4.78, 5) is 0. The van der Waals surface area contributed by atoms with Gasteiger partial charge < -0.3 is 5.11 Å². The lowest BCUT2D eigenvalue weighted by molar-refractivity contribution is 0.194. The van der Waals surface area contributed by atoms with Crippen LogP contribution in [-0.2, 0) is 0 Å². The summed E-state index contributed by atoms with van der Waals surface area (Å²) < 4.78 is 0. The summed E-state index contributed by atoms with van der Waals surface area (Å²) in [5.41, 5.74) is 0. The molecule has 0 amide bonds. The summed E-state index contributed by atoms with van der Waals surface area (Å²) in [6, 6.07) is 0. The van der Waals surface area contributed by atoms with Crippen LogP contribution in [0.5, 0.6) is 0 Å². The molecule has 0 bridgehead atoms. The van der Waals surface area contributed by atoms with Gasteiger partial charge in [0.15, 0.2) is 0 Å². The molecule has 1 N–H and O–H groups in total. The van der Waals surface area contributed by atoms with Crippen LogP contribution in [0, 0.1) is 0 Å². The van der Waals surface area contributed by atoms with E-state index in [1.165, 1.54) is 0 Å². The van der Waals surface area contributed by atoms with Crippen LogP contribution in [0.25, 0.3) is 0 Å². The van der Waals surface area contributed by atoms with E-state index in [1.807, 2.05) is 0 Å². The van der Waals surface area contributed by atoms with E-state index in [0.717, 1.165) is 0 Å². The molecule has 0 radical (unpaired) electrons. The molecule has 0 fully saturated rings. The largest absolute Gasteiger partial charge is 0.392 e. The molecule has 0 aromatic heterocycles. The van der Waals surface area contributed by atoms with Crippen LogP contribution in [0.4, 0.5) is 0 Å². The molecule has 0 heterocycles. The molecular formula is C4H9ClO. The standard InChI is InChI=1S/C4H9ClO/c1-3(5)4(2)6/h3-4,6H,1-2H3/t3-,4-/m0/s1. The van der Waals surface area contributed by atoms with Crippen molar-refractivity contribution in [2.24, 2.45) is 0 Å². The minimum absolute atomic E-state index is 0.120. The van der Waals surface area contributed by atoms with Gasteiger partial charge in [0.05, 0.1) is 11.5 Å². The summed E-state index contributed by atoms with van der Waals surface area (Å²) in [5, 5.41) is 8.38. The first kappa shape index (κ1) is 6.25. The molecule has 0 saturated carbocycles. The number of hydrogen-bond acceptors (Lipinski definition) is 1. The van der Waals surface area contributed by atoms with Gasteiger partial charge in [-0.05, 0) is 13.8 Å². The SMILES string of the molecule is C[C@H](O)[C@H](C)Cl.